The van der Waals surface area contributed by atoms with Crippen molar-refractivity contribution < 1.29 is 19.1 Å². The van der Waals surface area contributed by atoms with E-state index in [2.05, 4.69) is 26.3 Å². The largest absolute Gasteiger partial charge is 0.496 e. The number of aryl methyl sites for hydroxylation is 1. The molecule has 0 saturated carbocycles. The number of methoxy groups -OCH3 is 1. The number of rotatable bonds is 2. The molecule has 3 amide bonds. The highest BCUT2D eigenvalue weighted by Crippen LogP contribution is 2.31. The van der Waals surface area contributed by atoms with Gasteiger partial charge < -0.3 is 26.4 Å². The Balaban J connectivity index is 2.03. The van der Waals surface area contributed by atoms with Gasteiger partial charge in [-0.1, -0.05) is 11.3 Å². The average molecular weight is 444 g/mol. The second kappa shape index (κ2) is 10.2. The van der Waals surface area contributed by atoms with Gasteiger partial charge in [0.1, 0.15) is 23.5 Å². The molecule has 172 valence electrons. The summed E-state index contributed by atoms with van der Waals surface area (Å²) in [6.45, 7) is 2.16. The number of carbonyl (C=O) groups excluding carboxylic acids is 3. The van der Waals surface area contributed by atoms with Crippen LogP contribution < -0.4 is 26.4 Å². The second-order valence-electron chi connectivity index (χ2n) is 7.71. The number of amides is 3. The Morgan fingerprint density at radius 2 is 2.03 bits per heavy atom. The molecule has 5 N–H and O–H groups in total. The fourth-order valence-corrected chi connectivity index (χ4v) is 3.50. The molecule has 4 bridgehead atoms. The number of likely N-dealkylation sites (N-methyl/N-ethyl adjacent to an activating group) is 1. The summed E-state index contributed by atoms with van der Waals surface area (Å²) >= 11 is 0. The third kappa shape index (κ3) is 5.22. The molecule has 3 rings (SSSR count). The molecule has 11 heteroatoms. The zero-order valence-corrected chi connectivity index (χ0v) is 18.4. The van der Waals surface area contributed by atoms with Crippen molar-refractivity contribution in [2.75, 3.05) is 14.2 Å². The van der Waals surface area contributed by atoms with Gasteiger partial charge in [-0.25, -0.2) is 0 Å². The Hall–Kier alpha value is -3.47. The van der Waals surface area contributed by atoms with Crippen LogP contribution in [0, 0.1) is 0 Å². The molecule has 32 heavy (non-hydrogen) atoms. The third-order valence-corrected chi connectivity index (χ3v) is 5.41. The molecule has 11 nitrogen and oxygen atoms in total. The highest BCUT2D eigenvalue weighted by molar-refractivity contribution is 5.93. The minimum absolute atomic E-state index is 0.411. The molecule has 1 unspecified atom stereocenters. The van der Waals surface area contributed by atoms with E-state index in [9.17, 15) is 14.4 Å². The summed E-state index contributed by atoms with van der Waals surface area (Å²) in [5.74, 6) is -0.770. The summed E-state index contributed by atoms with van der Waals surface area (Å²) in [5, 5.41) is 16.3. The summed E-state index contributed by atoms with van der Waals surface area (Å²) in [7, 11) is 3.03. The molecule has 0 spiro atoms. The van der Waals surface area contributed by atoms with E-state index in [1.54, 1.807) is 43.1 Å². The van der Waals surface area contributed by atoms with Crippen molar-refractivity contribution >= 4 is 17.7 Å². The number of nitrogens with zero attached hydrogens (tertiary/aromatic N) is 3. The highest BCUT2D eigenvalue weighted by atomic mass is 16.5. The molecule has 1 aromatic carbocycles. The fourth-order valence-electron chi connectivity index (χ4n) is 3.50. The second-order valence-corrected chi connectivity index (χ2v) is 7.71. The fraction of sp³-hybridized carbons (Fsp3) is 0.476. The standard InChI is InChI=1S/C21H29N7O4/c1-12-19(29)25-18(21(31)23-2)13-7-8-17(32-3)14(10-13)16-11-28(27-26-16)9-5-4-6-15(22)20(30)24-12/h7-8,10-12,15,18H,4-6,9,22H2,1-3H3,(H,23,31)(H,24,30)(H,25,29)/t12-,15?,18+/m1/s1. The van der Waals surface area contributed by atoms with Crippen LogP contribution in [-0.4, -0.2) is 59.0 Å². The monoisotopic (exact) mass is 443 g/mol. The van der Waals surface area contributed by atoms with E-state index < -0.39 is 35.8 Å². The van der Waals surface area contributed by atoms with Crippen LogP contribution in [0.5, 0.6) is 5.75 Å². The van der Waals surface area contributed by atoms with Crippen LogP contribution in [0.3, 0.4) is 0 Å². The summed E-state index contributed by atoms with van der Waals surface area (Å²) in [4.78, 5) is 37.7. The lowest BCUT2D eigenvalue weighted by atomic mass is 10.0. The van der Waals surface area contributed by atoms with Crippen molar-refractivity contribution in [1.82, 2.24) is 30.9 Å². The highest BCUT2D eigenvalue weighted by Gasteiger charge is 2.27. The number of fused-ring (bicyclic) bond motifs is 5. The van der Waals surface area contributed by atoms with Gasteiger partial charge in [-0.3, -0.25) is 19.1 Å². The van der Waals surface area contributed by atoms with Gasteiger partial charge in [0, 0.05) is 19.2 Å². The lowest BCUT2D eigenvalue weighted by molar-refractivity contribution is -0.132. The maximum Gasteiger partial charge on any atom is 0.246 e. The first kappa shape index (κ1) is 23.2. The Morgan fingerprint density at radius 3 is 2.75 bits per heavy atom. The molecule has 0 saturated heterocycles. The van der Waals surface area contributed by atoms with Crippen LogP contribution in [0.2, 0.25) is 0 Å². The number of nitrogens with two attached hydrogens (primary N) is 1. The lowest BCUT2D eigenvalue weighted by Crippen LogP contribution is -2.52. The number of ether oxygens (including phenoxy) is 1. The predicted molar refractivity (Wildman–Crippen MR) is 116 cm³/mol. The number of hydrogen-bond donors (Lipinski definition) is 4. The van der Waals surface area contributed by atoms with Crippen LogP contribution in [-0.2, 0) is 20.9 Å². The zero-order valence-electron chi connectivity index (χ0n) is 18.4. The minimum atomic E-state index is -0.990. The molecule has 0 radical (unpaired) electrons. The first-order valence-electron chi connectivity index (χ1n) is 10.5. The van der Waals surface area contributed by atoms with E-state index in [1.807, 2.05) is 0 Å². The molecule has 1 aromatic heterocycles. The van der Waals surface area contributed by atoms with Gasteiger partial charge in [0.25, 0.3) is 0 Å². The Labute approximate surface area is 186 Å². The third-order valence-electron chi connectivity index (χ3n) is 5.41. The average Bonchev–Trinajstić information content (AvgIpc) is 3.27. The Morgan fingerprint density at radius 1 is 1.25 bits per heavy atom. The van der Waals surface area contributed by atoms with Crippen molar-refractivity contribution in [1.29, 1.82) is 0 Å². The molecule has 0 aliphatic carbocycles. The summed E-state index contributed by atoms with van der Waals surface area (Å²) in [6, 6.07) is 2.56. The van der Waals surface area contributed by atoms with Crippen LogP contribution in [0.15, 0.2) is 24.4 Å². The van der Waals surface area contributed by atoms with E-state index >= 15 is 0 Å². The summed E-state index contributed by atoms with van der Waals surface area (Å²) in [5.41, 5.74) is 7.73. The van der Waals surface area contributed by atoms with E-state index in [0.29, 0.717) is 42.0 Å². The molecule has 3 atom stereocenters. The van der Waals surface area contributed by atoms with E-state index in [0.717, 1.165) is 6.42 Å². The van der Waals surface area contributed by atoms with Crippen molar-refractivity contribution in [3.05, 3.63) is 30.0 Å². The van der Waals surface area contributed by atoms with Gasteiger partial charge >= 0.3 is 0 Å². The Bertz CT molecular complexity index is 990. The van der Waals surface area contributed by atoms with Crippen molar-refractivity contribution in [3.63, 3.8) is 0 Å². The van der Waals surface area contributed by atoms with Crippen LogP contribution in [0.1, 0.15) is 37.8 Å². The van der Waals surface area contributed by atoms with Crippen molar-refractivity contribution in [2.45, 2.75) is 50.9 Å². The molecular formula is C21H29N7O4. The predicted octanol–water partition coefficient (Wildman–Crippen LogP) is -0.127. The summed E-state index contributed by atoms with van der Waals surface area (Å²) < 4.78 is 7.18. The first-order chi connectivity index (χ1) is 15.3. The summed E-state index contributed by atoms with van der Waals surface area (Å²) in [6.07, 6.45) is 3.73. The maximum absolute atomic E-state index is 12.8. The van der Waals surface area contributed by atoms with E-state index in [4.69, 9.17) is 10.5 Å². The van der Waals surface area contributed by atoms with Crippen LogP contribution in [0.25, 0.3) is 11.3 Å². The lowest BCUT2D eigenvalue weighted by Gasteiger charge is -2.22. The molecule has 1 aliphatic heterocycles. The topological polar surface area (TPSA) is 153 Å². The van der Waals surface area contributed by atoms with Gasteiger partial charge in [0.15, 0.2) is 0 Å². The Kier molecular flexibility index (Phi) is 7.41. The minimum Gasteiger partial charge on any atom is -0.496 e. The number of carbonyl (C=O) groups is 3. The van der Waals surface area contributed by atoms with Crippen molar-refractivity contribution in [3.8, 4) is 17.0 Å². The van der Waals surface area contributed by atoms with Gasteiger partial charge in [-0.2, -0.15) is 0 Å². The first-order valence-corrected chi connectivity index (χ1v) is 10.5. The van der Waals surface area contributed by atoms with Gasteiger partial charge in [0.05, 0.1) is 19.3 Å². The van der Waals surface area contributed by atoms with Crippen LogP contribution in [0.4, 0.5) is 0 Å². The molecule has 0 fully saturated rings. The number of benzene rings is 1. The number of aromatic nitrogens is 3. The molecule has 2 aromatic rings. The maximum atomic E-state index is 12.8. The zero-order chi connectivity index (χ0) is 23.3. The van der Waals surface area contributed by atoms with Gasteiger partial charge in [0.2, 0.25) is 17.7 Å². The number of nitrogens with one attached hydrogen (secondary N) is 3. The van der Waals surface area contributed by atoms with Crippen molar-refractivity contribution in [2.24, 2.45) is 5.73 Å². The normalized spacial score (nSPS) is 22.3. The molecule has 2 heterocycles. The number of hydrogen-bond acceptors (Lipinski definition) is 7. The van der Waals surface area contributed by atoms with E-state index in [1.165, 1.54) is 7.05 Å². The van der Waals surface area contributed by atoms with Gasteiger partial charge in [-0.15, -0.1) is 5.10 Å². The SMILES string of the molecule is CNC(=O)[C@H]1NC(=O)[C@@H](C)NC(=O)C(N)CCCCn2cc(nn2)-c2cc1ccc2OC. The van der Waals surface area contributed by atoms with Gasteiger partial charge in [-0.05, 0) is 43.9 Å². The smallest absolute Gasteiger partial charge is 0.246 e. The quantitative estimate of drug-likeness (QED) is 0.504. The molecule has 1 aliphatic rings. The van der Waals surface area contributed by atoms with Crippen LogP contribution >= 0.6 is 0 Å². The molecular weight excluding hydrogens is 414 g/mol. The van der Waals surface area contributed by atoms with E-state index in [-0.39, 0.29) is 0 Å².